The molecule has 0 atom stereocenters. The van der Waals surface area contributed by atoms with Crippen LogP contribution in [0.5, 0.6) is 0 Å². The molecule has 0 aromatic heterocycles. The predicted octanol–water partition coefficient (Wildman–Crippen LogP) is 4.88. The van der Waals surface area contributed by atoms with Crippen molar-refractivity contribution >= 4 is 12.7 Å². The predicted molar refractivity (Wildman–Crippen MR) is 110 cm³/mol. The van der Waals surface area contributed by atoms with E-state index in [2.05, 4.69) is 85.4 Å². The Hall–Kier alpha value is -1.82. The lowest BCUT2D eigenvalue weighted by Crippen LogP contribution is -2.23. The van der Waals surface area contributed by atoms with Crippen molar-refractivity contribution in [2.24, 2.45) is 0 Å². The molecule has 0 saturated heterocycles. The third-order valence-corrected chi connectivity index (χ3v) is 5.51. The number of hydrogen-bond acceptors (Lipinski definition) is 0. The molecule has 25 heavy (non-hydrogen) atoms. The van der Waals surface area contributed by atoms with Gasteiger partial charge >= 0.3 is 0 Å². The number of fused-ring (bicyclic) bond motifs is 2. The van der Waals surface area contributed by atoms with Crippen molar-refractivity contribution in [2.45, 2.75) is 72.1 Å². The van der Waals surface area contributed by atoms with Crippen LogP contribution in [0.25, 0.3) is 12.7 Å². The maximum absolute atomic E-state index is 4.44. The zero-order valence-corrected chi connectivity index (χ0v) is 17.0. The third kappa shape index (κ3) is 3.19. The molecule has 0 nitrogen and oxygen atoms in total. The van der Waals surface area contributed by atoms with Crippen LogP contribution in [0, 0.1) is 10.4 Å². The molecule has 0 fully saturated rings. The minimum atomic E-state index is 0.164. The first-order valence-electron chi connectivity index (χ1n) is 9.49. The van der Waals surface area contributed by atoms with E-state index in [1.165, 1.54) is 43.1 Å². The first-order chi connectivity index (χ1) is 11.5. The zero-order valence-electron chi connectivity index (χ0n) is 17.0. The van der Waals surface area contributed by atoms with Gasteiger partial charge in [-0.05, 0) is 73.7 Å². The van der Waals surface area contributed by atoms with Gasteiger partial charge in [-0.25, -0.2) is 0 Å². The summed E-state index contributed by atoms with van der Waals surface area (Å²) in [5, 5.41) is 5.33. The molecule has 0 heteroatoms. The normalized spacial score (nSPS) is 15.1. The fraction of sp³-hybridized carbons (Fsp3) is 0.440. The minimum absolute atomic E-state index is 0.164. The zero-order chi connectivity index (χ0) is 18.6. The molecule has 2 aromatic rings. The highest BCUT2D eigenvalue weighted by molar-refractivity contribution is 5.43. The molecule has 0 heterocycles. The summed E-state index contributed by atoms with van der Waals surface area (Å²) in [5.74, 6) is 0. The van der Waals surface area contributed by atoms with E-state index >= 15 is 0 Å². The Balaban J connectivity index is 2.51. The van der Waals surface area contributed by atoms with Crippen LogP contribution in [0.4, 0.5) is 0 Å². The van der Waals surface area contributed by atoms with E-state index in [0.29, 0.717) is 0 Å². The lowest BCUT2D eigenvalue weighted by molar-refractivity contribution is 0.586. The summed E-state index contributed by atoms with van der Waals surface area (Å²) in [6.45, 7) is 20.3. The molecule has 0 radical (unpaired) electrons. The van der Waals surface area contributed by atoms with Crippen molar-refractivity contribution in [1.29, 1.82) is 0 Å². The van der Waals surface area contributed by atoms with E-state index in [-0.39, 0.29) is 10.8 Å². The summed E-state index contributed by atoms with van der Waals surface area (Å²) >= 11 is 0. The van der Waals surface area contributed by atoms with Crippen molar-refractivity contribution < 1.29 is 0 Å². The highest BCUT2D eigenvalue weighted by atomic mass is 14.2. The molecule has 0 bridgehead atoms. The van der Waals surface area contributed by atoms with Gasteiger partial charge in [0.1, 0.15) is 0 Å². The Morgan fingerprint density at radius 3 is 1.72 bits per heavy atom. The molecule has 0 unspecified atom stereocenters. The maximum atomic E-state index is 4.44. The summed E-state index contributed by atoms with van der Waals surface area (Å²) in [7, 11) is 0. The third-order valence-electron chi connectivity index (χ3n) is 5.51. The van der Waals surface area contributed by atoms with E-state index < -0.39 is 0 Å². The van der Waals surface area contributed by atoms with Crippen LogP contribution >= 0.6 is 0 Å². The van der Waals surface area contributed by atoms with Gasteiger partial charge in [0.15, 0.2) is 0 Å². The summed E-state index contributed by atoms with van der Waals surface area (Å²) < 4.78 is 0. The molecule has 0 amide bonds. The summed E-state index contributed by atoms with van der Waals surface area (Å²) in [4.78, 5) is 0. The van der Waals surface area contributed by atoms with Gasteiger partial charge in [0.25, 0.3) is 0 Å². The molecule has 132 valence electrons. The standard InChI is InChI=1S/C25H32/c1-9-17-13-21(25(6,7)8)15-19-11-10-18-14-20(24(3,4)5)12-16(2)22(18)23(17)19/h9,12-15H,2,10-11H2,1,3-8H3. The lowest BCUT2D eigenvalue weighted by atomic mass is 9.80. The molecule has 0 spiro atoms. The number of rotatable bonds is 0. The minimum Gasteiger partial charge on any atom is -0.0911 e. The van der Waals surface area contributed by atoms with E-state index in [1.807, 2.05) is 0 Å². The molecule has 0 saturated carbocycles. The number of benzene rings is 2. The molecular formula is C25H32. The summed E-state index contributed by atoms with van der Waals surface area (Å²) in [6.07, 6.45) is 4.51. The van der Waals surface area contributed by atoms with E-state index in [0.717, 1.165) is 12.8 Å². The van der Waals surface area contributed by atoms with Gasteiger partial charge in [0.2, 0.25) is 0 Å². The Kier molecular flexibility index (Phi) is 4.22. The van der Waals surface area contributed by atoms with Crippen molar-refractivity contribution in [3.8, 4) is 0 Å². The van der Waals surface area contributed by atoms with Crippen molar-refractivity contribution in [1.82, 2.24) is 0 Å². The fourth-order valence-electron chi connectivity index (χ4n) is 3.88. The van der Waals surface area contributed by atoms with Crippen molar-refractivity contribution in [3.05, 3.63) is 67.4 Å². The van der Waals surface area contributed by atoms with Crippen LogP contribution in [-0.4, -0.2) is 0 Å². The van der Waals surface area contributed by atoms with Crippen LogP contribution in [0.1, 0.15) is 70.7 Å². The van der Waals surface area contributed by atoms with E-state index in [9.17, 15) is 0 Å². The monoisotopic (exact) mass is 332 g/mol. The lowest BCUT2D eigenvalue weighted by Gasteiger charge is -2.24. The van der Waals surface area contributed by atoms with E-state index in [1.54, 1.807) is 0 Å². The van der Waals surface area contributed by atoms with Gasteiger partial charge < -0.3 is 0 Å². The average Bonchev–Trinajstić information content (AvgIpc) is 2.51. The first-order valence-corrected chi connectivity index (χ1v) is 9.49. The van der Waals surface area contributed by atoms with Gasteiger partial charge in [0, 0.05) is 0 Å². The first kappa shape index (κ1) is 18.0. The molecule has 2 aromatic carbocycles. The number of aryl methyl sites for hydroxylation is 2. The van der Waals surface area contributed by atoms with Crippen LogP contribution in [0.3, 0.4) is 0 Å². The van der Waals surface area contributed by atoms with E-state index in [4.69, 9.17) is 0 Å². The SMILES string of the molecule is C=c1cc(C(C)(C)C)cc2c1=c1c(cc(C(C)(C)C)cc1=CC)CC2. The topological polar surface area (TPSA) is 0 Å². The Labute approximate surface area is 152 Å². The second-order valence-corrected chi connectivity index (χ2v) is 9.56. The number of hydrogen-bond donors (Lipinski definition) is 0. The van der Waals surface area contributed by atoms with Gasteiger partial charge in [-0.3, -0.25) is 0 Å². The Bertz CT molecular complexity index is 1020. The van der Waals surface area contributed by atoms with Crippen molar-refractivity contribution in [3.63, 3.8) is 0 Å². The molecule has 1 aliphatic rings. The van der Waals surface area contributed by atoms with Crippen LogP contribution in [0.2, 0.25) is 0 Å². The Morgan fingerprint density at radius 2 is 1.24 bits per heavy atom. The molecule has 0 N–H and O–H groups in total. The molecule has 0 aliphatic heterocycles. The highest BCUT2D eigenvalue weighted by Crippen LogP contribution is 2.27. The average molecular weight is 333 g/mol. The maximum Gasteiger partial charge on any atom is -0.00737 e. The fourth-order valence-corrected chi connectivity index (χ4v) is 3.88. The highest BCUT2D eigenvalue weighted by Gasteiger charge is 2.20. The molecular weight excluding hydrogens is 300 g/mol. The van der Waals surface area contributed by atoms with Gasteiger partial charge in [-0.2, -0.15) is 0 Å². The van der Waals surface area contributed by atoms with Crippen LogP contribution < -0.4 is 10.4 Å². The van der Waals surface area contributed by atoms with Gasteiger partial charge in [-0.1, -0.05) is 78.5 Å². The van der Waals surface area contributed by atoms with Crippen molar-refractivity contribution in [2.75, 3.05) is 0 Å². The second-order valence-electron chi connectivity index (χ2n) is 9.56. The second kappa shape index (κ2) is 5.87. The largest absolute Gasteiger partial charge is 0.0911 e. The van der Waals surface area contributed by atoms with Gasteiger partial charge in [0.05, 0.1) is 0 Å². The van der Waals surface area contributed by atoms with Gasteiger partial charge in [-0.15, -0.1) is 0 Å². The van der Waals surface area contributed by atoms with Crippen LogP contribution in [-0.2, 0) is 23.7 Å². The summed E-state index contributed by atoms with van der Waals surface area (Å²) in [6, 6.07) is 9.53. The summed E-state index contributed by atoms with van der Waals surface area (Å²) in [5.41, 5.74) is 6.12. The molecule has 3 rings (SSSR count). The van der Waals surface area contributed by atoms with Crippen LogP contribution in [0.15, 0.2) is 24.3 Å². The smallest absolute Gasteiger partial charge is 0.00737 e. The molecule has 1 aliphatic carbocycles. The quantitative estimate of drug-likeness (QED) is 0.645. The Morgan fingerprint density at radius 1 is 0.760 bits per heavy atom.